The molecule has 2 heterocycles. The molecule has 1 atom stereocenters. The van der Waals surface area contributed by atoms with Crippen LogP contribution in [0.1, 0.15) is 28.2 Å². The predicted octanol–water partition coefficient (Wildman–Crippen LogP) is -1.34. The number of rotatable bonds is 6. The summed E-state index contributed by atoms with van der Waals surface area (Å²) in [5.74, 6) is -1.44. The molecule has 5 nitrogen and oxygen atoms in total. The Kier molecular flexibility index (Phi) is 7.78. The number of likely N-dealkylation sites (tertiary alicyclic amines) is 1. The molecule has 1 fully saturated rings. The van der Waals surface area contributed by atoms with Crippen LogP contribution in [-0.4, -0.2) is 114 Å². The van der Waals surface area contributed by atoms with E-state index in [1.54, 1.807) is 0 Å². The first kappa shape index (κ1) is 29.0. The lowest BCUT2D eigenvalue weighted by Crippen LogP contribution is -2.78. The summed E-state index contributed by atoms with van der Waals surface area (Å²) in [6, 6.07) is 3.19. The SMILES string of the molecule is [B]C([B])([B])c1cnc(CNC([B])([B])C2(F)CCN(C(=O)c3ccc(F)c(Cl)c3)C([B])([B])C2([B])[B])nc1. The fourth-order valence-corrected chi connectivity index (χ4v) is 4.02. The van der Waals surface area contributed by atoms with Crippen molar-refractivity contribution in [3.8, 4) is 0 Å². The van der Waals surface area contributed by atoms with Gasteiger partial charge in [-0.3, -0.25) is 4.79 Å². The second-order valence-corrected chi connectivity index (χ2v) is 9.28. The fourth-order valence-electron chi connectivity index (χ4n) is 3.84. The Labute approximate surface area is 226 Å². The van der Waals surface area contributed by atoms with E-state index >= 15 is 4.39 Å². The van der Waals surface area contributed by atoms with E-state index in [2.05, 4.69) is 15.3 Å². The van der Waals surface area contributed by atoms with Gasteiger partial charge in [-0.2, -0.15) is 0 Å². The second-order valence-electron chi connectivity index (χ2n) is 8.87. The van der Waals surface area contributed by atoms with Crippen LogP contribution >= 0.6 is 11.6 Å². The van der Waals surface area contributed by atoms with Crippen molar-refractivity contribution in [3.63, 3.8) is 0 Å². The zero-order valence-corrected chi connectivity index (χ0v) is 19.8. The summed E-state index contributed by atoms with van der Waals surface area (Å²) >= 11 is 5.76. The van der Waals surface area contributed by atoms with Crippen LogP contribution in [0.3, 0.4) is 0 Å². The van der Waals surface area contributed by atoms with E-state index in [1.807, 2.05) is 0 Å². The van der Waals surface area contributed by atoms with Crippen LogP contribution in [0, 0.1) is 5.82 Å². The molecule has 1 amide bonds. The molecule has 162 valence electrons. The minimum atomic E-state index is -2.87. The maximum Gasteiger partial charge on any atom is 0.252 e. The molecule has 1 aromatic heterocycles. The highest BCUT2D eigenvalue weighted by molar-refractivity contribution is 6.59. The molecule has 1 unspecified atom stereocenters. The van der Waals surface area contributed by atoms with Crippen LogP contribution < -0.4 is 5.32 Å². The summed E-state index contributed by atoms with van der Waals surface area (Å²) < 4.78 is 30.0. The average molecular weight is 483 g/mol. The highest BCUT2D eigenvalue weighted by Crippen LogP contribution is 2.54. The summed E-state index contributed by atoms with van der Waals surface area (Å²) in [5, 5.41) is -7.06. The molecule has 36 heavy (non-hydrogen) atoms. The largest absolute Gasteiger partial charge is 0.351 e. The fraction of sp³-hybridized carbons (Fsp3) is 0.421. The monoisotopic (exact) mass is 484 g/mol. The molecule has 1 saturated heterocycles. The number of piperidine rings is 1. The van der Waals surface area contributed by atoms with E-state index in [1.165, 1.54) is 12.4 Å². The highest BCUT2D eigenvalue weighted by atomic mass is 35.5. The quantitative estimate of drug-likeness (QED) is 0.518. The Morgan fingerprint density at radius 2 is 1.69 bits per heavy atom. The first-order chi connectivity index (χ1) is 16.3. The van der Waals surface area contributed by atoms with Gasteiger partial charge in [0.25, 0.3) is 5.91 Å². The minimum absolute atomic E-state index is 0.0780. The summed E-state index contributed by atoms with van der Waals surface area (Å²) in [6.07, 6.45) is 1.97. The zero-order valence-electron chi connectivity index (χ0n) is 19.1. The van der Waals surface area contributed by atoms with Crippen molar-refractivity contribution in [3.05, 3.63) is 58.4 Å². The van der Waals surface area contributed by atoms with Gasteiger partial charge >= 0.3 is 0 Å². The van der Waals surface area contributed by atoms with E-state index in [0.29, 0.717) is 0 Å². The van der Waals surface area contributed by atoms with Gasteiger partial charge in [-0.1, -0.05) is 16.8 Å². The third-order valence-corrected chi connectivity index (χ3v) is 6.55. The third-order valence-electron chi connectivity index (χ3n) is 6.26. The van der Waals surface area contributed by atoms with Gasteiger partial charge in [-0.15, -0.1) is 5.11 Å². The zero-order chi connectivity index (χ0) is 27.3. The lowest BCUT2D eigenvalue weighted by atomic mass is 9.23. The minimum Gasteiger partial charge on any atom is -0.351 e. The number of alkyl halides is 1. The Bertz CT molecular complexity index is 1150. The number of hydrogen-bond donors (Lipinski definition) is 1. The van der Waals surface area contributed by atoms with Crippen LogP contribution in [0.4, 0.5) is 8.78 Å². The number of carbonyl (C=O) groups is 1. The summed E-state index contributed by atoms with van der Waals surface area (Å²) in [5.41, 5.74) is -2.72. The first-order valence-corrected chi connectivity index (χ1v) is 10.9. The van der Waals surface area contributed by atoms with Crippen molar-refractivity contribution >= 4 is 88.1 Å². The number of aromatic nitrogens is 2. The van der Waals surface area contributed by atoms with E-state index in [0.717, 1.165) is 23.1 Å². The van der Waals surface area contributed by atoms with E-state index in [9.17, 15) is 9.18 Å². The summed E-state index contributed by atoms with van der Waals surface area (Å²) in [6.45, 7) is -0.650. The van der Waals surface area contributed by atoms with Gasteiger partial charge in [0.1, 0.15) is 17.3 Å². The van der Waals surface area contributed by atoms with Gasteiger partial charge in [0.15, 0.2) is 0 Å². The highest BCUT2D eigenvalue weighted by Gasteiger charge is 2.63. The number of carbonyl (C=O) groups excluding carboxylic acids is 1. The molecule has 3 rings (SSSR count). The molecular weight excluding hydrogens is 471 g/mol. The molecular formula is C19H12B9ClF2N4O. The van der Waals surface area contributed by atoms with Crippen LogP contribution in [0.2, 0.25) is 10.2 Å². The number of nitrogens with one attached hydrogen (secondary N) is 1. The molecule has 1 aromatic carbocycles. The summed E-state index contributed by atoms with van der Waals surface area (Å²) in [4.78, 5) is 21.9. The molecule has 0 spiro atoms. The molecule has 1 aliphatic rings. The number of benzene rings is 1. The topological polar surface area (TPSA) is 58.1 Å². The number of hydrogen-bond acceptors (Lipinski definition) is 4. The lowest BCUT2D eigenvalue weighted by molar-refractivity contribution is -0.00220. The Balaban J connectivity index is 1.84. The van der Waals surface area contributed by atoms with Gasteiger partial charge in [-0.25, -0.2) is 18.7 Å². The second kappa shape index (κ2) is 9.65. The standard InChI is InChI=1S/C19H12B9ClF2N4O/c20-16(21,22)10-6-32-13(33-7-10)8-34-18(25,26)15(31)3-4-35(19(27,28)17(15,23)24)14(36)9-1-2-12(30)11(29)5-9/h1-2,5-7,34H,3-4,8H2. The van der Waals surface area contributed by atoms with Gasteiger partial charge in [-0.05, 0) is 40.9 Å². The summed E-state index contributed by atoms with van der Waals surface area (Å²) in [7, 11) is 53.4. The molecule has 17 heteroatoms. The number of nitrogens with zero attached hydrogens (tertiary/aromatic N) is 3. The van der Waals surface area contributed by atoms with Crippen LogP contribution in [0.5, 0.6) is 0 Å². The van der Waals surface area contributed by atoms with E-state index < -0.39 is 51.4 Å². The smallest absolute Gasteiger partial charge is 0.252 e. The van der Waals surface area contributed by atoms with Crippen molar-refractivity contribution in [1.82, 2.24) is 20.2 Å². The van der Waals surface area contributed by atoms with Crippen molar-refractivity contribution in [2.45, 2.75) is 39.6 Å². The molecule has 0 aliphatic carbocycles. The molecule has 1 N–H and O–H groups in total. The van der Waals surface area contributed by atoms with Gasteiger partial charge in [0, 0.05) is 24.5 Å². The van der Waals surface area contributed by atoms with Crippen molar-refractivity contribution in [2.75, 3.05) is 6.54 Å². The van der Waals surface area contributed by atoms with Crippen molar-refractivity contribution in [2.24, 2.45) is 0 Å². The van der Waals surface area contributed by atoms with Crippen LogP contribution in [0.25, 0.3) is 0 Å². The van der Waals surface area contributed by atoms with Crippen LogP contribution in [0.15, 0.2) is 30.6 Å². The molecule has 2 aromatic rings. The van der Waals surface area contributed by atoms with Crippen molar-refractivity contribution < 1.29 is 13.6 Å². The maximum atomic E-state index is 16.5. The van der Waals surface area contributed by atoms with Crippen LogP contribution in [-0.2, 0) is 11.7 Å². The molecule has 0 bridgehead atoms. The Hall–Kier alpha value is -1.54. The average Bonchev–Trinajstić information content (AvgIpc) is 2.77. The van der Waals surface area contributed by atoms with E-state index in [4.69, 9.17) is 82.2 Å². The molecule has 18 radical (unpaired) electrons. The van der Waals surface area contributed by atoms with E-state index in [-0.39, 0.29) is 28.5 Å². The first-order valence-electron chi connectivity index (χ1n) is 10.5. The number of amides is 1. The maximum absolute atomic E-state index is 16.5. The predicted molar refractivity (Wildman–Crippen MR) is 141 cm³/mol. The number of halogens is 3. The van der Waals surface area contributed by atoms with Crippen molar-refractivity contribution in [1.29, 1.82) is 0 Å². The third kappa shape index (κ3) is 4.96. The van der Waals surface area contributed by atoms with Gasteiger partial charge < -0.3 is 10.2 Å². The normalized spacial score (nSPS) is 21.7. The lowest BCUT2D eigenvalue weighted by Gasteiger charge is -2.66. The Morgan fingerprint density at radius 1 is 1.11 bits per heavy atom. The molecule has 0 saturated carbocycles. The molecule has 1 aliphatic heterocycles. The van der Waals surface area contributed by atoms with Gasteiger partial charge in [0.2, 0.25) is 0 Å². The van der Waals surface area contributed by atoms with Gasteiger partial charge in [0.05, 0.1) is 82.2 Å². The Morgan fingerprint density at radius 3 is 2.22 bits per heavy atom.